The Kier molecular flexibility index (Phi) is 6.31. The molecule has 1 aliphatic heterocycles. The second kappa shape index (κ2) is 8.47. The van der Waals surface area contributed by atoms with Gasteiger partial charge in [-0.05, 0) is 43.5 Å². The van der Waals surface area contributed by atoms with E-state index in [4.69, 9.17) is 9.47 Å². The van der Waals surface area contributed by atoms with Crippen molar-refractivity contribution in [3.8, 4) is 11.5 Å². The van der Waals surface area contributed by atoms with Crippen LogP contribution in [0.15, 0.2) is 24.3 Å². The van der Waals surface area contributed by atoms with E-state index in [1.54, 1.807) is 13.2 Å². The smallest absolute Gasteiger partial charge is 0.246 e. The number of benzene rings is 1. The van der Waals surface area contributed by atoms with Gasteiger partial charge in [0.25, 0.3) is 0 Å². The monoisotopic (exact) mass is 303 g/mol. The van der Waals surface area contributed by atoms with Crippen LogP contribution in [0.3, 0.4) is 0 Å². The van der Waals surface area contributed by atoms with E-state index < -0.39 is 0 Å². The van der Waals surface area contributed by atoms with Gasteiger partial charge >= 0.3 is 0 Å². The fourth-order valence-electron chi connectivity index (χ4n) is 2.63. The van der Waals surface area contributed by atoms with Crippen molar-refractivity contribution in [2.45, 2.75) is 32.6 Å². The minimum absolute atomic E-state index is 0.0932. The number of ether oxygens (including phenoxy) is 2. The van der Waals surface area contributed by atoms with Gasteiger partial charge in [-0.1, -0.05) is 18.9 Å². The molecule has 0 saturated carbocycles. The minimum atomic E-state index is 0.0932. The summed E-state index contributed by atoms with van der Waals surface area (Å²) >= 11 is 0. The highest BCUT2D eigenvalue weighted by Crippen LogP contribution is 2.28. The average Bonchev–Trinajstić information content (AvgIpc) is 2.82. The molecule has 0 aliphatic carbocycles. The van der Waals surface area contributed by atoms with Crippen LogP contribution in [0.1, 0.15) is 38.2 Å². The Hall–Kier alpha value is -1.97. The number of hydrogen-bond donors (Lipinski definition) is 0. The number of hydrogen-bond acceptors (Lipinski definition) is 3. The third kappa shape index (κ3) is 4.52. The van der Waals surface area contributed by atoms with Crippen molar-refractivity contribution < 1.29 is 14.3 Å². The third-order valence-electron chi connectivity index (χ3n) is 3.82. The van der Waals surface area contributed by atoms with Gasteiger partial charge in [0.1, 0.15) is 0 Å². The number of nitrogens with zero attached hydrogens (tertiary/aromatic N) is 1. The Morgan fingerprint density at radius 2 is 1.91 bits per heavy atom. The van der Waals surface area contributed by atoms with Crippen LogP contribution >= 0.6 is 0 Å². The zero-order valence-electron chi connectivity index (χ0n) is 13.5. The van der Waals surface area contributed by atoms with E-state index >= 15 is 0 Å². The maximum Gasteiger partial charge on any atom is 0.246 e. The van der Waals surface area contributed by atoms with Crippen LogP contribution in [-0.2, 0) is 4.79 Å². The van der Waals surface area contributed by atoms with Gasteiger partial charge in [0.05, 0.1) is 13.7 Å². The molecule has 0 bridgehead atoms. The van der Waals surface area contributed by atoms with Crippen LogP contribution < -0.4 is 9.47 Å². The molecule has 0 aromatic heterocycles. The fourth-order valence-corrected chi connectivity index (χ4v) is 2.63. The maximum atomic E-state index is 12.2. The zero-order valence-corrected chi connectivity index (χ0v) is 13.5. The van der Waals surface area contributed by atoms with E-state index in [2.05, 4.69) is 0 Å². The second-order valence-corrected chi connectivity index (χ2v) is 5.42. The Labute approximate surface area is 132 Å². The summed E-state index contributed by atoms with van der Waals surface area (Å²) in [5, 5.41) is 0. The van der Waals surface area contributed by atoms with E-state index in [1.807, 2.05) is 36.1 Å². The van der Waals surface area contributed by atoms with Gasteiger partial charge in [0, 0.05) is 19.2 Å². The molecular weight excluding hydrogens is 278 g/mol. The van der Waals surface area contributed by atoms with Gasteiger partial charge < -0.3 is 14.4 Å². The molecule has 1 amide bonds. The molecule has 0 atom stereocenters. The minimum Gasteiger partial charge on any atom is -0.493 e. The molecule has 0 N–H and O–H groups in total. The van der Waals surface area contributed by atoms with Gasteiger partial charge in [0.2, 0.25) is 5.91 Å². The van der Waals surface area contributed by atoms with E-state index in [9.17, 15) is 4.79 Å². The van der Waals surface area contributed by atoms with Crippen LogP contribution in [0.5, 0.6) is 11.5 Å². The third-order valence-corrected chi connectivity index (χ3v) is 3.82. The molecule has 2 rings (SSSR count). The number of amides is 1. The van der Waals surface area contributed by atoms with Crippen molar-refractivity contribution >= 4 is 12.0 Å². The van der Waals surface area contributed by atoms with Gasteiger partial charge in [-0.15, -0.1) is 0 Å². The van der Waals surface area contributed by atoms with Gasteiger partial charge in [-0.25, -0.2) is 0 Å². The van der Waals surface area contributed by atoms with Crippen molar-refractivity contribution in [1.82, 2.24) is 4.90 Å². The van der Waals surface area contributed by atoms with Gasteiger partial charge in [-0.3, -0.25) is 4.79 Å². The molecule has 1 heterocycles. The SMILES string of the molecule is CCOc1cc(/C=C/C(=O)N2CCCCCC2)ccc1OC. The Morgan fingerprint density at radius 1 is 1.18 bits per heavy atom. The lowest BCUT2D eigenvalue weighted by Crippen LogP contribution is -2.30. The van der Waals surface area contributed by atoms with Crippen LogP contribution in [0.25, 0.3) is 6.08 Å². The lowest BCUT2D eigenvalue weighted by molar-refractivity contribution is -0.125. The predicted octanol–water partition coefficient (Wildman–Crippen LogP) is 3.51. The number of rotatable bonds is 5. The summed E-state index contributed by atoms with van der Waals surface area (Å²) in [6, 6.07) is 5.68. The quantitative estimate of drug-likeness (QED) is 0.781. The summed E-state index contributed by atoms with van der Waals surface area (Å²) < 4.78 is 10.8. The van der Waals surface area contributed by atoms with Crippen LogP contribution in [0.2, 0.25) is 0 Å². The summed E-state index contributed by atoms with van der Waals surface area (Å²) in [5.74, 6) is 1.50. The Bertz CT molecular complexity index is 517. The van der Waals surface area contributed by atoms with Crippen molar-refractivity contribution in [2.24, 2.45) is 0 Å². The van der Waals surface area contributed by atoms with Crippen LogP contribution in [-0.4, -0.2) is 37.6 Å². The topological polar surface area (TPSA) is 38.8 Å². The molecule has 0 spiro atoms. The second-order valence-electron chi connectivity index (χ2n) is 5.42. The first-order valence-corrected chi connectivity index (χ1v) is 8.02. The first kappa shape index (κ1) is 16.4. The van der Waals surface area contributed by atoms with Gasteiger partial charge in [-0.2, -0.15) is 0 Å². The Morgan fingerprint density at radius 3 is 2.55 bits per heavy atom. The summed E-state index contributed by atoms with van der Waals surface area (Å²) in [7, 11) is 1.62. The average molecular weight is 303 g/mol. The molecule has 120 valence electrons. The van der Waals surface area contributed by atoms with E-state index in [0.717, 1.165) is 31.5 Å². The number of carbonyl (C=O) groups is 1. The molecule has 0 radical (unpaired) electrons. The van der Waals surface area contributed by atoms with Crippen LogP contribution in [0.4, 0.5) is 0 Å². The highest BCUT2D eigenvalue weighted by Gasteiger charge is 2.12. The lowest BCUT2D eigenvalue weighted by atomic mass is 10.2. The van der Waals surface area contributed by atoms with E-state index in [0.29, 0.717) is 18.1 Å². The predicted molar refractivity (Wildman–Crippen MR) is 88.2 cm³/mol. The van der Waals surface area contributed by atoms with Crippen molar-refractivity contribution in [3.63, 3.8) is 0 Å². The first-order chi connectivity index (χ1) is 10.7. The molecule has 4 nitrogen and oxygen atoms in total. The normalized spacial score (nSPS) is 15.6. The van der Waals surface area contributed by atoms with Gasteiger partial charge in [0.15, 0.2) is 11.5 Å². The molecule has 1 aromatic rings. The molecule has 22 heavy (non-hydrogen) atoms. The number of carbonyl (C=O) groups excluding carboxylic acids is 1. The molecule has 0 unspecified atom stereocenters. The molecule has 1 fully saturated rings. The summed E-state index contributed by atoms with van der Waals surface area (Å²) in [4.78, 5) is 14.2. The first-order valence-electron chi connectivity index (χ1n) is 8.02. The largest absolute Gasteiger partial charge is 0.493 e. The highest BCUT2D eigenvalue weighted by molar-refractivity contribution is 5.91. The molecule has 1 aromatic carbocycles. The maximum absolute atomic E-state index is 12.2. The summed E-state index contributed by atoms with van der Waals surface area (Å²) in [6.45, 7) is 4.26. The van der Waals surface area contributed by atoms with Crippen LogP contribution in [0, 0.1) is 0 Å². The van der Waals surface area contributed by atoms with Crippen molar-refractivity contribution in [1.29, 1.82) is 0 Å². The molecular formula is C18H25NO3. The van der Waals surface area contributed by atoms with E-state index in [-0.39, 0.29) is 5.91 Å². The number of methoxy groups -OCH3 is 1. The highest BCUT2D eigenvalue weighted by atomic mass is 16.5. The van der Waals surface area contributed by atoms with E-state index in [1.165, 1.54) is 12.8 Å². The Balaban J connectivity index is 2.05. The summed E-state index contributed by atoms with van der Waals surface area (Å²) in [6.07, 6.45) is 8.17. The molecule has 4 heteroatoms. The standard InChI is InChI=1S/C18H25NO3/c1-3-22-17-14-15(8-10-16(17)21-2)9-11-18(20)19-12-6-4-5-7-13-19/h8-11,14H,3-7,12-13H2,1-2H3/b11-9+. The number of likely N-dealkylation sites (tertiary alicyclic amines) is 1. The van der Waals surface area contributed by atoms with Crippen molar-refractivity contribution in [3.05, 3.63) is 29.8 Å². The zero-order chi connectivity index (χ0) is 15.8. The van der Waals surface area contributed by atoms with Crippen molar-refractivity contribution in [2.75, 3.05) is 26.8 Å². The molecule has 1 aliphatic rings. The molecule has 1 saturated heterocycles. The fraction of sp³-hybridized carbons (Fsp3) is 0.500. The summed E-state index contributed by atoms with van der Waals surface area (Å²) in [5.41, 5.74) is 0.937. The lowest BCUT2D eigenvalue weighted by Gasteiger charge is -2.18.